The molecule has 0 bridgehead atoms. The van der Waals surface area contributed by atoms with Crippen LogP contribution in [-0.4, -0.2) is 21.1 Å². The van der Waals surface area contributed by atoms with Gasteiger partial charge in [0.1, 0.15) is 0 Å². The molecule has 2 aromatic carbocycles. The Hall–Kier alpha value is -2.76. The SMILES string of the molecule is Cc1cccc(-n2c(C)cc(/C=C3/SC(O)N(c4ccccc4)C3=O)c2C)c1C. The Morgan fingerprint density at radius 1 is 1.00 bits per heavy atom. The van der Waals surface area contributed by atoms with Crippen LogP contribution in [0.15, 0.2) is 59.5 Å². The standard InChI is InChI=1S/C24H24N2O2S/c1-15-9-8-12-21(17(15)3)25-16(2)13-19(18(25)4)14-22-23(27)26(24(28)29-22)20-10-6-5-7-11-20/h5-14,24,28H,1-4H3/b22-14+. The summed E-state index contributed by atoms with van der Waals surface area (Å²) in [6.07, 6.45) is 1.89. The van der Waals surface area contributed by atoms with E-state index in [0.717, 1.165) is 22.6 Å². The minimum atomic E-state index is -0.918. The van der Waals surface area contributed by atoms with Gasteiger partial charge in [-0.3, -0.25) is 9.69 Å². The second kappa shape index (κ2) is 7.58. The lowest BCUT2D eigenvalue weighted by Crippen LogP contribution is -2.31. The van der Waals surface area contributed by atoms with Crippen LogP contribution in [0.3, 0.4) is 0 Å². The number of benzene rings is 2. The number of carbonyl (C=O) groups excluding carboxylic acids is 1. The molecule has 0 aliphatic carbocycles. The first-order valence-corrected chi connectivity index (χ1v) is 10.5. The molecule has 148 valence electrons. The third kappa shape index (κ3) is 3.41. The van der Waals surface area contributed by atoms with Crippen molar-refractivity contribution in [1.29, 1.82) is 0 Å². The molecular formula is C24H24N2O2S. The summed E-state index contributed by atoms with van der Waals surface area (Å²) in [6.45, 7) is 8.39. The second-order valence-electron chi connectivity index (χ2n) is 7.34. The molecule has 1 atom stereocenters. The van der Waals surface area contributed by atoms with Crippen molar-refractivity contribution in [3.05, 3.63) is 87.6 Å². The van der Waals surface area contributed by atoms with Gasteiger partial charge < -0.3 is 9.67 Å². The van der Waals surface area contributed by atoms with Crippen molar-refractivity contribution in [1.82, 2.24) is 4.57 Å². The maximum absolute atomic E-state index is 13.0. The van der Waals surface area contributed by atoms with Crippen LogP contribution in [0, 0.1) is 27.7 Å². The van der Waals surface area contributed by atoms with Gasteiger partial charge in [-0.15, -0.1) is 0 Å². The number of hydrogen-bond donors (Lipinski definition) is 1. The number of amides is 1. The molecular weight excluding hydrogens is 380 g/mol. The van der Waals surface area contributed by atoms with Crippen molar-refractivity contribution in [3.8, 4) is 5.69 Å². The van der Waals surface area contributed by atoms with Crippen LogP contribution in [0.1, 0.15) is 28.1 Å². The number of rotatable bonds is 3. The Kier molecular flexibility index (Phi) is 5.11. The third-order valence-corrected chi connectivity index (χ3v) is 6.46. The van der Waals surface area contributed by atoms with Crippen LogP contribution < -0.4 is 4.90 Å². The van der Waals surface area contributed by atoms with Crippen molar-refractivity contribution >= 4 is 29.4 Å². The van der Waals surface area contributed by atoms with E-state index in [0.29, 0.717) is 10.6 Å². The highest BCUT2D eigenvalue weighted by Gasteiger charge is 2.36. The van der Waals surface area contributed by atoms with Crippen LogP contribution in [0.4, 0.5) is 5.69 Å². The van der Waals surface area contributed by atoms with Gasteiger partial charge in [-0.1, -0.05) is 42.1 Å². The number of hydrogen-bond acceptors (Lipinski definition) is 3. The summed E-state index contributed by atoms with van der Waals surface area (Å²) >= 11 is 1.18. The van der Waals surface area contributed by atoms with Crippen LogP contribution in [0.2, 0.25) is 0 Å². The molecule has 5 heteroatoms. The molecule has 1 aliphatic heterocycles. The highest BCUT2D eigenvalue weighted by atomic mass is 32.2. The maximum Gasteiger partial charge on any atom is 0.267 e. The lowest BCUT2D eigenvalue weighted by molar-refractivity contribution is -0.114. The molecule has 0 spiro atoms. The molecule has 1 unspecified atom stereocenters. The number of aromatic nitrogens is 1. The molecule has 0 saturated carbocycles. The Morgan fingerprint density at radius 2 is 1.72 bits per heavy atom. The number of aryl methyl sites for hydroxylation is 2. The first-order chi connectivity index (χ1) is 13.9. The summed E-state index contributed by atoms with van der Waals surface area (Å²) in [5.41, 5.74) is 6.59. The Balaban J connectivity index is 1.73. The summed E-state index contributed by atoms with van der Waals surface area (Å²) in [4.78, 5) is 14.9. The zero-order chi connectivity index (χ0) is 20.7. The van der Waals surface area contributed by atoms with Crippen LogP contribution >= 0.6 is 11.8 Å². The molecule has 1 amide bonds. The van der Waals surface area contributed by atoms with E-state index in [1.165, 1.54) is 27.8 Å². The van der Waals surface area contributed by atoms with Gasteiger partial charge in [0.25, 0.3) is 5.91 Å². The first-order valence-electron chi connectivity index (χ1n) is 9.59. The van der Waals surface area contributed by atoms with Gasteiger partial charge in [0.15, 0.2) is 5.56 Å². The molecule has 29 heavy (non-hydrogen) atoms. The van der Waals surface area contributed by atoms with Gasteiger partial charge in [-0.25, -0.2) is 0 Å². The molecule has 1 fully saturated rings. The maximum atomic E-state index is 13.0. The minimum absolute atomic E-state index is 0.176. The van der Waals surface area contributed by atoms with E-state index in [9.17, 15) is 9.90 Å². The van der Waals surface area contributed by atoms with Crippen molar-refractivity contribution in [2.75, 3.05) is 4.90 Å². The fourth-order valence-electron chi connectivity index (χ4n) is 3.79. The highest BCUT2D eigenvalue weighted by Crippen LogP contribution is 2.38. The Labute approximate surface area is 175 Å². The van der Waals surface area contributed by atoms with Gasteiger partial charge in [-0.05, 0) is 74.7 Å². The van der Waals surface area contributed by atoms with Gasteiger partial charge >= 0.3 is 0 Å². The second-order valence-corrected chi connectivity index (χ2v) is 8.44. The molecule has 2 heterocycles. The van der Waals surface area contributed by atoms with E-state index in [1.807, 2.05) is 36.4 Å². The summed E-state index contributed by atoms with van der Waals surface area (Å²) in [5.74, 6) is -0.176. The van der Waals surface area contributed by atoms with Crippen LogP contribution in [0.5, 0.6) is 0 Å². The number of thioether (sulfide) groups is 1. The fourth-order valence-corrected chi connectivity index (χ4v) is 4.73. The zero-order valence-corrected chi connectivity index (χ0v) is 17.8. The Morgan fingerprint density at radius 3 is 2.45 bits per heavy atom. The topological polar surface area (TPSA) is 45.5 Å². The number of aliphatic hydroxyl groups is 1. The molecule has 4 rings (SSSR count). The van der Waals surface area contributed by atoms with Crippen molar-refractivity contribution in [3.63, 3.8) is 0 Å². The average Bonchev–Trinajstić information content (AvgIpc) is 3.13. The van der Waals surface area contributed by atoms with E-state index in [1.54, 1.807) is 0 Å². The molecule has 3 aromatic rings. The summed E-state index contributed by atoms with van der Waals surface area (Å²) in [5, 5.41) is 10.5. The average molecular weight is 405 g/mol. The monoisotopic (exact) mass is 404 g/mol. The van der Waals surface area contributed by atoms with Gasteiger partial charge in [0.05, 0.1) is 4.91 Å². The van der Waals surface area contributed by atoms with Gasteiger partial charge in [0.2, 0.25) is 0 Å². The molecule has 1 N–H and O–H groups in total. The molecule has 1 aromatic heterocycles. The van der Waals surface area contributed by atoms with Crippen molar-refractivity contribution in [2.24, 2.45) is 0 Å². The zero-order valence-electron chi connectivity index (χ0n) is 17.0. The van der Waals surface area contributed by atoms with Crippen molar-refractivity contribution < 1.29 is 9.90 Å². The normalized spacial score (nSPS) is 18.1. The third-order valence-electron chi connectivity index (χ3n) is 5.49. The fraction of sp³-hybridized carbons (Fsp3) is 0.208. The molecule has 1 saturated heterocycles. The summed E-state index contributed by atoms with van der Waals surface area (Å²) in [6, 6.07) is 17.7. The van der Waals surface area contributed by atoms with Crippen LogP contribution in [0.25, 0.3) is 11.8 Å². The summed E-state index contributed by atoms with van der Waals surface area (Å²) in [7, 11) is 0. The van der Waals surface area contributed by atoms with Gasteiger partial charge in [0, 0.05) is 22.8 Å². The van der Waals surface area contributed by atoms with E-state index in [-0.39, 0.29) is 5.91 Å². The van der Waals surface area contributed by atoms with E-state index < -0.39 is 5.56 Å². The predicted molar refractivity (Wildman–Crippen MR) is 120 cm³/mol. The largest absolute Gasteiger partial charge is 0.364 e. The number of aliphatic hydroxyl groups excluding tert-OH is 1. The number of para-hydroxylation sites is 1. The molecule has 1 aliphatic rings. The van der Waals surface area contributed by atoms with Gasteiger partial charge in [-0.2, -0.15) is 0 Å². The predicted octanol–water partition coefficient (Wildman–Crippen LogP) is 5.11. The lowest BCUT2D eigenvalue weighted by atomic mass is 10.1. The first kappa shape index (κ1) is 19.6. The van der Waals surface area contributed by atoms with Crippen molar-refractivity contribution in [2.45, 2.75) is 33.3 Å². The summed E-state index contributed by atoms with van der Waals surface area (Å²) < 4.78 is 2.23. The number of nitrogens with zero attached hydrogens (tertiary/aromatic N) is 2. The number of anilines is 1. The van der Waals surface area contributed by atoms with E-state index in [2.05, 4.69) is 56.5 Å². The quantitative estimate of drug-likeness (QED) is 0.617. The smallest absolute Gasteiger partial charge is 0.267 e. The highest BCUT2D eigenvalue weighted by molar-refractivity contribution is 8.05. The molecule has 4 nitrogen and oxygen atoms in total. The van der Waals surface area contributed by atoms with Crippen LogP contribution in [-0.2, 0) is 4.79 Å². The minimum Gasteiger partial charge on any atom is -0.364 e. The number of carbonyl (C=O) groups is 1. The lowest BCUT2D eigenvalue weighted by Gasteiger charge is -2.18. The van der Waals surface area contributed by atoms with E-state index >= 15 is 0 Å². The van der Waals surface area contributed by atoms with E-state index in [4.69, 9.17) is 0 Å². The molecule has 0 radical (unpaired) electrons. The Bertz CT molecular complexity index is 1120.